The first-order valence-corrected chi connectivity index (χ1v) is 9.78. The molecule has 2 saturated heterocycles. The molecular weight excluding hydrogens is 370 g/mol. The van der Waals surface area contributed by atoms with Crippen LogP contribution in [0.1, 0.15) is 17.7 Å². The van der Waals surface area contributed by atoms with Gasteiger partial charge in [0, 0.05) is 38.8 Å². The predicted octanol–water partition coefficient (Wildman–Crippen LogP) is 1.49. The van der Waals surface area contributed by atoms with E-state index in [4.69, 9.17) is 0 Å². The Labute approximate surface area is 169 Å². The molecule has 8 heteroatoms. The number of nitrogens with one attached hydrogen (secondary N) is 1. The van der Waals surface area contributed by atoms with Crippen molar-refractivity contribution in [2.75, 3.05) is 29.9 Å². The van der Waals surface area contributed by atoms with Gasteiger partial charge in [-0.15, -0.1) is 0 Å². The van der Waals surface area contributed by atoms with Gasteiger partial charge in [-0.2, -0.15) is 5.10 Å². The first-order valence-electron chi connectivity index (χ1n) is 9.78. The van der Waals surface area contributed by atoms with Crippen molar-refractivity contribution >= 4 is 29.1 Å². The summed E-state index contributed by atoms with van der Waals surface area (Å²) >= 11 is 0. The number of rotatable bonds is 4. The van der Waals surface area contributed by atoms with E-state index in [1.807, 2.05) is 45.2 Å². The topological polar surface area (TPSA) is 87.5 Å². The summed E-state index contributed by atoms with van der Waals surface area (Å²) in [6.45, 7) is 5.05. The standard InChI is InChI=1S/C21H25N5O3/c1-13-4-6-17(7-5-13)26-12-15(8-19(26)27)21(29)25-10-16(11-25)20(28)23-18-9-22-24(3)14(18)2/h4-7,9,15-16H,8,10-12H2,1-3H3,(H,23,28). The van der Waals surface area contributed by atoms with E-state index in [9.17, 15) is 14.4 Å². The monoisotopic (exact) mass is 395 g/mol. The zero-order chi connectivity index (χ0) is 20.7. The molecule has 1 atom stereocenters. The van der Waals surface area contributed by atoms with Gasteiger partial charge in [-0.3, -0.25) is 19.1 Å². The fourth-order valence-electron chi connectivity index (χ4n) is 3.79. The van der Waals surface area contributed by atoms with Crippen molar-refractivity contribution in [2.45, 2.75) is 20.3 Å². The number of nitrogens with zero attached hydrogens (tertiary/aromatic N) is 4. The zero-order valence-electron chi connectivity index (χ0n) is 16.9. The number of anilines is 2. The first-order chi connectivity index (χ1) is 13.8. The number of amides is 3. The third-order valence-electron chi connectivity index (χ3n) is 5.88. The maximum atomic E-state index is 12.8. The highest BCUT2D eigenvalue weighted by molar-refractivity contribution is 6.01. The van der Waals surface area contributed by atoms with Gasteiger partial charge in [0.15, 0.2) is 0 Å². The van der Waals surface area contributed by atoms with E-state index < -0.39 is 0 Å². The summed E-state index contributed by atoms with van der Waals surface area (Å²) in [7, 11) is 1.82. The van der Waals surface area contributed by atoms with Crippen molar-refractivity contribution in [1.29, 1.82) is 0 Å². The highest BCUT2D eigenvalue weighted by Crippen LogP contribution is 2.29. The summed E-state index contributed by atoms with van der Waals surface area (Å²) in [5.74, 6) is -0.769. The molecule has 8 nitrogen and oxygen atoms in total. The number of carbonyl (C=O) groups is 3. The number of aromatic nitrogens is 2. The molecule has 2 aliphatic rings. The molecule has 1 N–H and O–H groups in total. The second-order valence-electron chi connectivity index (χ2n) is 7.94. The van der Waals surface area contributed by atoms with E-state index in [2.05, 4.69) is 10.4 Å². The Kier molecular flexibility index (Phi) is 4.86. The van der Waals surface area contributed by atoms with Crippen LogP contribution in [0.4, 0.5) is 11.4 Å². The zero-order valence-corrected chi connectivity index (χ0v) is 16.9. The number of likely N-dealkylation sites (tertiary alicyclic amines) is 1. The minimum Gasteiger partial charge on any atom is -0.341 e. The molecule has 0 aliphatic carbocycles. The highest BCUT2D eigenvalue weighted by atomic mass is 16.2. The van der Waals surface area contributed by atoms with E-state index >= 15 is 0 Å². The maximum absolute atomic E-state index is 12.8. The molecule has 0 bridgehead atoms. The molecule has 2 fully saturated rings. The van der Waals surface area contributed by atoms with Crippen LogP contribution in [-0.4, -0.2) is 52.0 Å². The molecule has 29 heavy (non-hydrogen) atoms. The number of hydrogen-bond acceptors (Lipinski definition) is 4. The quantitative estimate of drug-likeness (QED) is 0.850. The Morgan fingerprint density at radius 2 is 1.76 bits per heavy atom. The van der Waals surface area contributed by atoms with Crippen LogP contribution in [0.25, 0.3) is 0 Å². The van der Waals surface area contributed by atoms with Gasteiger partial charge in [-0.25, -0.2) is 0 Å². The molecule has 0 radical (unpaired) electrons. The van der Waals surface area contributed by atoms with E-state index in [0.29, 0.717) is 25.3 Å². The van der Waals surface area contributed by atoms with Crippen LogP contribution in [0.3, 0.4) is 0 Å². The summed E-state index contributed by atoms with van der Waals surface area (Å²) < 4.78 is 1.70. The normalized spacial score (nSPS) is 19.4. The lowest BCUT2D eigenvalue weighted by molar-refractivity contribution is -0.145. The maximum Gasteiger partial charge on any atom is 0.231 e. The van der Waals surface area contributed by atoms with Crippen molar-refractivity contribution in [3.63, 3.8) is 0 Å². The molecule has 0 saturated carbocycles. The number of benzene rings is 1. The summed E-state index contributed by atoms with van der Waals surface area (Å²) in [6, 6.07) is 7.73. The van der Waals surface area contributed by atoms with Crippen LogP contribution in [-0.2, 0) is 21.4 Å². The van der Waals surface area contributed by atoms with Crippen molar-refractivity contribution in [2.24, 2.45) is 18.9 Å². The Morgan fingerprint density at radius 3 is 2.38 bits per heavy atom. The van der Waals surface area contributed by atoms with Gasteiger partial charge < -0.3 is 15.1 Å². The van der Waals surface area contributed by atoms with E-state index in [0.717, 1.165) is 16.9 Å². The van der Waals surface area contributed by atoms with Crippen LogP contribution >= 0.6 is 0 Å². The molecule has 3 amide bonds. The van der Waals surface area contributed by atoms with Gasteiger partial charge in [0.05, 0.1) is 29.4 Å². The second kappa shape index (κ2) is 7.35. The molecule has 152 valence electrons. The minimum absolute atomic E-state index is 0.0333. The SMILES string of the molecule is Cc1ccc(N2CC(C(=O)N3CC(C(=O)Nc4cnn(C)c4C)C3)CC2=O)cc1. The van der Waals surface area contributed by atoms with E-state index in [1.54, 1.807) is 20.7 Å². The predicted molar refractivity (Wildman–Crippen MR) is 108 cm³/mol. The lowest BCUT2D eigenvalue weighted by atomic mass is 9.95. The lowest BCUT2D eigenvalue weighted by Gasteiger charge is -2.39. The molecule has 4 rings (SSSR count). The van der Waals surface area contributed by atoms with Crippen LogP contribution in [0.2, 0.25) is 0 Å². The Balaban J connectivity index is 1.31. The second-order valence-corrected chi connectivity index (χ2v) is 7.94. The van der Waals surface area contributed by atoms with Crippen molar-refractivity contribution in [3.8, 4) is 0 Å². The molecule has 1 aromatic carbocycles. The third-order valence-corrected chi connectivity index (χ3v) is 5.88. The van der Waals surface area contributed by atoms with Crippen LogP contribution in [0.5, 0.6) is 0 Å². The van der Waals surface area contributed by atoms with Crippen molar-refractivity contribution < 1.29 is 14.4 Å². The Bertz CT molecular complexity index is 959. The van der Waals surface area contributed by atoms with Gasteiger partial charge in [-0.05, 0) is 26.0 Å². The first kappa shape index (κ1) is 19.2. The molecule has 1 unspecified atom stereocenters. The summed E-state index contributed by atoms with van der Waals surface area (Å²) in [5.41, 5.74) is 3.52. The largest absolute Gasteiger partial charge is 0.341 e. The van der Waals surface area contributed by atoms with Gasteiger partial charge in [0.25, 0.3) is 0 Å². The van der Waals surface area contributed by atoms with E-state index in [1.165, 1.54) is 0 Å². The van der Waals surface area contributed by atoms with Crippen molar-refractivity contribution in [3.05, 3.63) is 41.7 Å². The van der Waals surface area contributed by atoms with Crippen LogP contribution in [0, 0.1) is 25.7 Å². The number of aryl methyl sites for hydroxylation is 2. The van der Waals surface area contributed by atoms with Gasteiger partial charge >= 0.3 is 0 Å². The average molecular weight is 395 g/mol. The Morgan fingerprint density at radius 1 is 1.07 bits per heavy atom. The number of carbonyl (C=O) groups excluding carboxylic acids is 3. The van der Waals surface area contributed by atoms with Crippen LogP contribution < -0.4 is 10.2 Å². The fraction of sp³-hybridized carbons (Fsp3) is 0.429. The molecular formula is C21H25N5O3. The highest BCUT2D eigenvalue weighted by Gasteiger charge is 2.42. The van der Waals surface area contributed by atoms with E-state index in [-0.39, 0.29) is 36.0 Å². The smallest absolute Gasteiger partial charge is 0.231 e. The minimum atomic E-state index is -0.353. The van der Waals surface area contributed by atoms with Crippen LogP contribution in [0.15, 0.2) is 30.5 Å². The average Bonchev–Trinajstić information content (AvgIpc) is 3.18. The number of hydrogen-bond donors (Lipinski definition) is 1. The molecule has 2 aromatic rings. The molecule has 3 heterocycles. The molecule has 0 spiro atoms. The summed E-state index contributed by atoms with van der Waals surface area (Å²) in [4.78, 5) is 41.0. The third kappa shape index (κ3) is 3.62. The van der Waals surface area contributed by atoms with Gasteiger partial charge in [0.1, 0.15) is 0 Å². The Hall–Kier alpha value is -3.16. The van der Waals surface area contributed by atoms with Gasteiger partial charge in [0.2, 0.25) is 17.7 Å². The molecule has 2 aliphatic heterocycles. The summed E-state index contributed by atoms with van der Waals surface area (Å²) in [5, 5.41) is 6.99. The van der Waals surface area contributed by atoms with Gasteiger partial charge in [-0.1, -0.05) is 17.7 Å². The molecule has 1 aromatic heterocycles. The fourth-order valence-corrected chi connectivity index (χ4v) is 3.79. The lowest BCUT2D eigenvalue weighted by Crippen LogP contribution is -2.56. The van der Waals surface area contributed by atoms with Crippen molar-refractivity contribution in [1.82, 2.24) is 14.7 Å². The summed E-state index contributed by atoms with van der Waals surface area (Å²) in [6.07, 6.45) is 1.84.